The lowest BCUT2D eigenvalue weighted by molar-refractivity contribution is 0.0913. The Balaban J connectivity index is 1.71. The van der Waals surface area contributed by atoms with Gasteiger partial charge in [0, 0.05) is 42.7 Å². The molecular weight excluding hydrogens is 455 g/mol. The fourth-order valence-corrected chi connectivity index (χ4v) is 5.69. The average Bonchev–Trinajstić information content (AvgIpc) is 3.05. The molecule has 0 spiro atoms. The molecule has 1 saturated heterocycles. The average molecular weight is 483 g/mol. The second-order valence-electron chi connectivity index (χ2n) is 9.25. The molecule has 13 heteroatoms. The van der Waals surface area contributed by atoms with Gasteiger partial charge in [-0.15, -0.1) is 0 Å². The van der Waals surface area contributed by atoms with Crippen molar-refractivity contribution in [1.29, 1.82) is 0 Å². The third-order valence-electron chi connectivity index (χ3n) is 6.81. The first-order chi connectivity index (χ1) is 15.4. The fraction of sp³-hybridized carbons (Fsp3) is 0.650. The number of alkyl halides is 2. The highest BCUT2D eigenvalue weighted by Crippen LogP contribution is 2.37. The minimum atomic E-state index is -3.34. The summed E-state index contributed by atoms with van der Waals surface area (Å²) in [7, 11) is -2.56. The van der Waals surface area contributed by atoms with E-state index in [0.29, 0.717) is 52.0 Å². The monoisotopic (exact) mass is 483 g/mol. The molecule has 0 aromatic carbocycles. The highest BCUT2D eigenvalue weighted by Gasteiger charge is 2.37. The van der Waals surface area contributed by atoms with Crippen LogP contribution in [0.3, 0.4) is 0 Å². The fourth-order valence-electron chi connectivity index (χ4n) is 4.81. The van der Waals surface area contributed by atoms with Crippen LogP contribution in [0.4, 0.5) is 14.7 Å². The summed E-state index contributed by atoms with van der Waals surface area (Å²) in [5.41, 5.74) is -1.20. The molecule has 2 fully saturated rings. The van der Waals surface area contributed by atoms with Crippen molar-refractivity contribution >= 4 is 34.9 Å². The third-order valence-corrected chi connectivity index (χ3v) is 8.11. The minimum Gasteiger partial charge on any atom is -0.393 e. The predicted molar refractivity (Wildman–Crippen MR) is 123 cm³/mol. The van der Waals surface area contributed by atoms with E-state index in [1.807, 2.05) is 0 Å². The number of aliphatic hydroxyl groups is 1. The molecule has 9 nitrogen and oxygen atoms in total. The second-order valence-corrected chi connectivity index (χ2v) is 11.2. The second kappa shape index (κ2) is 8.59. The van der Waals surface area contributed by atoms with Gasteiger partial charge >= 0.3 is 0 Å². The van der Waals surface area contributed by atoms with Crippen LogP contribution >= 0.6 is 0 Å². The van der Waals surface area contributed by atoms with Gasteiger partial charge in [-0.3, -0.25) is 9.36 Å². The molecule has 0 amide bonds. The van der Waals surface area contributed by atoms with Gasteiger partial charge in [0.25, 0.3) is 5.56 Å². The molecule has 0 radical (unpaired) electrons. The number of fused-ring (bicyclic) bond motifs is 1. The summed E-state index contributed by atoms with van der Waals surface area (Å²) >= 11 is 0. The molecule has 2 aromatic rings. The first-order valence-corrected chi connectivity index (χ1v) is 12.9. The SMILES string of the molecule is BC(F)(F)c1cc2cnc(NC3CCN(S(C)(=O)=O)CC3)nc2n([C@H]2CC[C@H](O)[C@@H]2C)c1=O. The summed E-state index contributed by atoms with van der Waals surface area (Å²) < 4.78 is 54.6. The van der Waals surface area contributed by atoms with Gasteiger partial charge in [0.15, 0.2) is 7.85 Å². The molecule has 1 aliphatic carbocycles. The van der Waals surface area contributed by atoms with E-state index in [-0.39, 0.29) is 23.6 Å². The van der Waals surface area contributed by atoms with Crippen molar-refractivity contribution < 1.29 is 22.3 Å². The Bertz CT molecular complexity index is 1210. The Hall–Kier alpha value is -2.12. The third kappa shape index (κ3) is 4.76. The van der Waals surface area contributed by atoms with Crippen molar-refractivity contribution in [2.45, 2.75) is 56.6 Å². The zero-order valence-corrected chi connectivity index (χ0v) is 19.6. The van der Waals surface area contributed by atoms with Gasteiger partial charge < -0.3 is 10.4 Å². The molecule has 3 atom stereocenters. The van der Waals surface area contributed by atoms with E-state index in [2.05, 4.69) is 15.3 Å². The first kappa shape index (κ1) is 24.0. The number of sulfonamides is 1. The van der Waals surface area contributed by atoms with E-state index in [9.17, 15) is 27.1 Å². The van der Waals surface area contributed by atoms with Gasteiger partial charge in [-0.05, 0) is 31.7 Å². The van der Waals surface area contributed by atoms with Crippen molar-refractivity contribution in [2.24, 2.45) is 5.92 Å². The summed E-state index contributed by atoms with van der Waals surface area (Å²) in [5.74, 6) is -3.38. The Morgan fingerprint density at radius 1 is 1.24 bits per heavy atom. The van der Waals surface area contributed by atoms with Crippen LogP contribution in [-0.4, -0.2) is 71.7 Å². The Morgan fingerprint density at radius 2 is 1.91 bits per heavy atom. The number of halogens is 2. The summed E-state index contributed by atoms with van der Waals surface area (Å²) in [5, 5.41) is 13.7. The molecule has 2 aromatic heterocycles. The van der Waals surface area contributed by atoms with Gasteiger partial charge in [0.1, 0.15) is 5.65 Å². The molecule has 4 rings (SSSR count). The summed E-state index contributed by atoms with van der Waals surface area (Å²) in [4.78, 5) is 21.9. The molecule has 180 valence electrons. The van der Waals surface area contributed by atoms with Crippen molar-refractivity contribution in [3.63, 3.8) is 0 Å². The van der Waals surface area contributed by atoms with Crippen LogP contribution in [-0.2, 0) is 15.8 Å². The molecular formula is C20H28BF2N5O4S. The van der Waals surface area contributed by atoms with Crippen LogP contribution < -0.4 is 10.9 Å². The number of aliphatic hydroxyl groups excluding tert-OH is 1. The number of aromatic nitrogens is 3. The van der Waals surface area contributed by atoms with Crippen LogP contribution in [0.2, 0.25) is 0 Å². The van der Waals surface area contributed by atoms with Crippen molar-refractivity contribution in [3.05, 3.63) is 28.2 Å². The molecule has 3 heterocycles. The van der Waals surface area contributed by atoms with Gasteiger partial charge in [-0.1, -0.05) is 6.92 Å². The number of nitrogens with one attached hydrogen (secondary N) is 1. The predicted octanol–water partition coefficient (Wildman–Crippen LogP) is 0.642. The number of hydrogen-bond donors (Lipinski definition) is 2. The van der Waals surface area contributed by atoms with Gasteiger partial charge in [0.05, 0.1) is 17.9 Å². The topological polar surface area (TPSA) is 117 Å². The van der Waals surface area contributed by atoms with E-state index in [1.165, 1.54) is 21.3 Å². The maximum absolute atomic E-state index is 14.2. The van der Waals surface area contributed by atoms with E-state index >= 15 is 0 Å². The van der Waals surface area contributed by atoms with Crippen LogP contribution in [0, 0.1) is 5.92 Å². The van der Waals surface area contributed by atoms with E-state index in [0.717, 1.165) is 6.07 Å². The number of hydrogen-bond acceptors (Lipinski definition) is 7. The van der Waals surface area contributed by atoms with Crippen molar-refractivity contribution in [3.8, 4) is 0 Å². The molecule has 2 N–H and O–H groups in total. The Labute approximate surface area is 191 Å². The Kier molecular flexibility index (Phi) is 6.25. The molecule has 1 saturated carbocycles. The van der Waals surface area contributed by atoms with E-state index in [1.54, 1.807) is 6.92 Å². The number of anilines is 1. The normalized spacial score (nSPS) is 25.5. The van der Waals surface area contributed by atoms with Crippen LogP contribution in [0.25, 0.3) is 11.0 Å². The largest absolute Gasteiger partial charge is 0.393 e. The smallest absolute Gasteiger partial charge is 0.260 e. The number of piperidine rings is 1. The first-order valence-electron chi connectivity index (χ1n) is 11.1. The molecule has 0 unspecified atom stereocenters. The number of pyridine rings is 1. The standard InChI is InChI=1S/C20H28BF2N5O4S/c1-11-15(3-4-16(11)29)28-17-12(9-14(18(28)30)20(21,22)23)10-24-19(26-17)25-13-5-7-27(8-6-13)33(2,31)32/h9-11,13,15-16,29H,3-8,21H2,1-2H3,(H,24,25,26)/t11-,15+,16+/m1/s1. The molecule has 1 aliphatic heterocycles. The molecule has 0 bridgehead atoms. The lowest BCUT2D eigenvalue weighted by Crippen LogP contribution is -2.42. The van der Waals surface area contributed by atoms with E-state index < -0.39 is 39.1 Å². The van der Waals surface area contributed by atoms with Crippen LogP contribution in [0.5, 0.6) is 0 Å². The van der Waals surface area contributed by atoms with Crippen molar-refractivity contribution in [2.75, 3.05) is 24.7 Å². The van der Waals surface area contributed by atoms with Crippen LogP contribution in [0.15, 0.2) is 17.1 Å². The van der Waals surface area contributed by atoms with Crippen LogP contribution in [0.1, 0.15) is 44.2 Å². The van der Waals surface area contributed by atoms with Crippen molar-refractivity contribution in [1.82, 2.24) is 18.8 Å². The van der Waals surface area contributed by atoms with Gasteiger partial charge in [-0.2, -0.15) is 4.98 Å². The zero-order chi connectivity index (χ0) is 24.1. The number of nitrogens with zero attached hydrogens (tertiary/aromatic N) is 4. The highest BCUT2D eigenvalue weighted by atomic mass is 32.2. The summed E-state index contributed by atoms with van der Waals surface area (Å²) in [6, 6.07) is 0.614. The lowest BCUT2D eigenvalue weighted by Gasteiger charge is -2.30. The van der Waals surface area contributed by atoms with Gasteiger partial charge in [-0.25, -0.2) is 26.5 Å². The highest BCUT2D eigenvalue weighted by molar-refractivity contribution is 7.88. The van der Waals surface area contributed by atoms with Gasteiger partial charge in [0.2, 0.25) is 21.8 Å². The van der Waals surface area contributed by atoms with E-state index in [4.69, 9.17) is 0 Å². The quantitative estimate of drug-likeness (QED) is 0.600. The zero-order valence-electron chi connectivity index (χ0n) is 18.8. The summed E-state index contributed by atoms with van der Waals surface area (Å²) in [6.45, 7) is 2.55. The number of rotatable bonds is 5. The minimum absolute atomic E-state index is 0.0629. The molecule has 2 aliphatic rings. The molecule has 33 heavy (non-hydrogen) atoms. The Morgan fingerprint density at radius 3 is 2.45 bits per heavy atom. The lowest BCUT2D eigenvalue weighted by atomic mass is 9.91. The maximum atomic E-state index is 14.2. The summed E-state index contributed by atoms with van der Waals surface area (Å²) in [6.07, 6.45) is 4.05. The maximum Gasteiger partial charge on any atom is 0.260 e.